The predicted molar refractivity (Wildman–Crippen MR) is 94.2 cm³/mol. The highest BCUT2D eigenvalue weighted by Gasteiger charge is 2.27. The van der Waals surface area contributed by atoms with Gasteiger partial charge in [0.2, 0.25) is 5.91 Å². The van der Waals surface area contributed by atoms with Crippen LogP contribution in [-0.2, 0) is 9.59 Å². The predicted octanol–water partition coefficient (Wildman–Crippen LogP) is 2.97. The number of hydrogen-bond acceptors (Lipinski definition) is 3. The lowest BCUT2D eigenvalue weighted by atomic mass is 10.2. The van der Waals surface area contributed by atoms with E-state index in [2.05, 4.69) is 6.92 Å². The van der Waals surface area contributed by atoms with E-state index < -0.39 is 6.10 Å². The number of rotatable bonds is 6. The number of halogens is 1. The van der Waals surface area contributed by atoms with Gasteiger partial charge in [-0.15, -0.1) is 0 Å². The number of carbonyl (C=O) groups is 2. The van der Waals surface area contributed by atoms with Crippen molar-refractivity contribution in [1.82, 2.24) is 9.80 Å². The monoisotopic (exact) mass is 352 g/mol. The number of hydrogen-bond donors (Lipinski definition) is 0. The summed E-state index contributed by atoms with van der Waals surface area (Å²) in [5.74, 6) is 0.758. The fourth-order valence-corrected chi connectivity index (χ4v) is 2.81. The average molecular weight is 353 g/mol. The second-order valence-corrected chi connectivity index (χ2v) is 6.46. The summed E-state index contributed by atoms with van der Waals surface area (Å²) >= 11 is 5.84. The van der Waals surface area contributed by atoms with Gasteiger partial charge in [0.15, 0.2) is 6.10 Å². The van der Waals surface area contributed by atoms with E-state index in [-0.39, 0.29) is 11.8 Å². The van der Waals surface area contributed by atoms with Crippen LogP contribution in [0.1, 0.15) is 33.1 Å². The van der Waals surface area contributed by atoms with Gasteiger partial charge in [-0.1, -0.05) is 24.9 Å². The molecule has 2 amide bonds. The number of benzene rings is 1. The summed E-state index contributed by atoms with van der Waals surface area (Å²) in [5, 5.41) is 0.630. The van der Waals surface area contributed by atoms with Crippen molar-refractivity contribution in [2.75, 3.05) is 26.2 Å². The largest absolute Gasteiger partial charge is 0.481 e. The Kier molecular flexibility index (Phi) is 6.91. The van der Waals surface area contributed by atoms with E-state index in [0.717, 1.165) is 12.8 Å². The summed E-state index contributed by atoms with van der Waals surface area (Å²) in [6, 6.07) is 6.95. The maximum Gasteiger partial charge on any atom is 0.263 e. The molecule has 0 saturated carbocycles. The Bertz CT molecular complexity index is 554. The van der Waals surface area contributed by atoms with Crippen LogP contribution >= 0.6 is 11.6 Å². The number of amides is 2. The third-order valence-corrected chi connectivity index (χ3v) is 4.41. The third kappa shape index (κ3) is 5.13. The molecule has 0 aliphatic carbocycles. The minimum absolute atomic E-state index is 0.0504. The maximum atomic E-state index is 12.5. The van der Waals surface area contributed by atoms with Gasteiger partial charge in [0.25, 0.3) is 5.91 Å². The van der Waals surface area contributed by atoms with Gasteiger partial charge in [-0.2, -0.15) is 0 Å². The highest BCUT2D eigenvalue weighted by atomic mass is 35.5. The average Bonchev–Trinajstić information content (AvgIpc) is 2.61. The zero-order valence-electron chi connectivity index (χ0n) is 14.3. The molecule has 5 nitrogen and oxygen atoms in total. The maximum absolute atomic E-state index is 12.5. The van der Waals surface area contributed by atoms with Crippen LogP contribution in [0, 0.1) is 0 Å². The van der Waals surface area contributed by atoms with E-state index >= 15 is 0 Å². The first-order valence-electron chi connectivity index (χ1n) is 8.50. The first kappa shape index (κ1) is 18.6. The fourth-order valence-electron chi connectivity index (χ4n) is 2.69. The van der Waals surface area contributed by atoms with E-state index in [9.17, 15) is 9.59 Å². The summed E-state index contributed by atoms with van der Waals surface area (Å²) in [5.41, 5.74) is 0. The minimum atomic E-state index is -0.562. The summed E-state index contributed by atoms with van der Waals surface area (Å²) in [7, 11) is 0. The number of nitrogens with zero attached hydrogens (tertiary/aromatic N) is 2. The summed E-state index contributed by atoms with van der Waals surface area (Å²) < 4.78 is 5.68. The molecule has 6 heteroatoms. The first-order valence-corrected chi connectivity index (χ1v) is 8.88. The van der Waals surface area contributed by atoms with Crippen molar-refractivity contribution in [2.45, 2.75) is 39.2 Å². The smallest absolute Gasteiger partial charge is 0.263 e. The van der Waals surface area contributed by atoms with E-state index in [1.54, 1.807) is 36.1 Å². The Morgan fingerprint density at radius 1 is 1.12 bits per heavy atom. The number of carbonyl (C=O) groups excluding carboxylic acids is 2. The molecular weight excluding hydrogens is 328 g/mol. The fraction of sp³-hybridized carbons (Fsp3) is 0.556. The van der Waals surface area contributed by atoms with Crippen molar-refractivity contribution >= 4 is 23.4 Å². The quantitative estimate of drug-likeness (QED) is 0.790. The van der Waals surface area contributed by atoms with Gasteiger partial charge in [-0.25, -0.2) is 0 Å². The molecule has 1 aliphatic heterocycles. The minimum Gasteiger partial charge on any atom is -0.481 e. The Hall–Kier alpha value is -1.75. The molecule has 1 aliphatic rings. The normalized spacial score (nSPS) is 16.0. The van der Waals surface area contributed by atoms with Gasteiger partial charge in [-0.3, -0.25) is 9.59 Å². The van der Waals surface area contributed by atoms with Crippen LogP contribution in [0.25, 0.3) is 0 Å². The molecule has 24 heavy (non-hydrogen) atoms. The van der Waals surface area contributed by atoms with Crippen molar-refractivity contribution in [3.63, 3.8) is 0 Å². The van der Waals surface area contributed by atoms with Crippen molar-refractivity contribution in [2.24, 2.45) is 0 Å². The van der Waals surface area contributed by atoms with Crippen LogP contribution in [0.2, 0.25) is 5.02 Å². The number of piperazine rings is 1. The van der Waals surface area contributed by atoms with E-state index in [1.165, 1.54) is 0 Å². The SMILES string of the molecule is CCCCC(=O)N1CCN(C(=O)C(C)Oc2ccc(Cl)cc2)CC1. The van der Waals surface area contributed by atoms with Crippen molar-refractivity contribution in [3.8, 4) is 5.75 Å². The first-order chi connectivity index (χ1) is 11.5. The van der Waals surface area contributed by atoms with E-state index in [0.29, 0.717) is 43.4 Å². The molecule has 132 valence electrons. The Balaban J connectivity index is 1.81. The van der Waals surface area contributed by atoms with Crippen molar-refractivity contribution in [1.29, 1.82) is 0 Å². The van der Waals surface area contributed by atoms with Gasteiger partial charge in [0, 0.05) is 37.6 Å². The zero-order chi connectivity index (χ0) is 17.5. The molecule has 2 rings (SSSR count). The van der Waals surface area contributed by atoms with Gasteiger partial charge < -0.3 is 14.5 Å². The van der Waals surface area contributed by atoms with Crippen LogP contribution in [-0.4, -0.2) is 53.9 Å². The summed E-state index contributed by atoms with van der Waals surface area (Å²) in [4.78, 5) is 28.1. The number of ether oxygens (including phenoxy) is 1. The molecule has 1 saturated heterocycles. The molecule has 0 radical (unpaired) electrons. The highest BCUT2D eigenvalue weighted by molar-refractivity contribution is 6.30. The van der Waals surface area contributed by atoms with Gasteiger partial charge in [0.1, 0.15) is 5.75 Å². The molecule has 0 aromatic heterocycles. The van der Waals surface area contributed by atoms with Crippen molar-refractivity contribution < 1.29 is 14.3 Å². The lowest BCUT2D eigenvalue weighted by molar-refractivity contribution is -0.143. The summed E-state index contributed by atoms with van der Waals surface area (Å²) in [6.07, 6.45) is 1.97. The van der Waals surface area contributed by atoms with Crippen LogP contribution in [0.3, 0.4) is 0 Å². The second kappa shape index (κ2) is 8.92. The van der Waals surface area contributed by atoms with E-state index in [1.807, 2.05) is 4.90 Å². The molecular formula is C18H25ClN2O3. The number of unbranched alkanes of at least 4 members (excludes halogenated alkanes) is 1. The molecule has 1 atom stereocenters. The van der Waals surface area contributed by atoms with Crippen LogP contribution in [0.4, 0.5) is 0 Å². The molecule has 0 spiro atoms. The van der Waals surface area contributed by atoms with Gasteiger partial charge >= 0.3 is 0 Å². The topological polar surface area (TPSA) is 49.9 Å². The Morgan fingerprint density at radius 2 is 1.71 bits per heavy atom. The molecule has 1 unspecified atom stereocenters. The zero-order valence-corrected chi connectivity index (χ0v) is 15.1. The molecule has 0 N–H and O–H groups in total. The molecule has 1 heterocycles. The Morgan fingerprint density at radius 3 is 2.29 bits per heavy atom. The van der Waals surface area contributed by atoms with Gasteiger partial charge in [-0.05, 0) is 37.6 Å². The van der Waals surface area contributed by atoms with Crippen LogP contribution < -0.4 is 4.74 Å². The van der Waals surface area contributed by atoms with E-state index in [4.69, 9.17) is 16.3 Å². The summed E-state index contributed by atoms with van der Waals surface area (Å²) in [6.45, 7) is 6.14. The Labute approximate surface area is 148 Å². The third-order valence-electron chi connectivity index (χ3n) is 4.16. The molecule has 1 aromatic rings. The molecule has 1 aromatic carbocycles. The standard InChI is InChI=1S/C18H25ClN2O3/c1-3-4-5-17(22)20-10-12-21(13-11-20)18(23)14(2)24-16-8-6-15(19)7-9-16/h6-9,14H,3-5,10-13H2,1-2H3. The molecule has 1 fully saturated rings. The lowest BCUT2D eigenvalue weighted by Gasteiger charge is -2.36. The van der Waals surface area contributed by atoms with Gasteiger partial charge in [0.05, 0.1) is 0 Å². The van der Waals surface area contributed by atoms with Crippen LogP contribution in [0.15, 0.2) is 24.3 Å². The van der Waals surface area contributed by atoms with Crippen molar-refractivity contribution in [3.05, 3.63) is 29.3 Å². The molecule has 0 bridgehead atoms. The second-order valence-electron chi connectivity index (χ2n) is 6.02. The lowest BCUT2D eigenvalue weighted by Crippen LogP contribution is -2.53. The van der Waals surface area contributed by atoms with Crippen LogP contribution in [0.5, 0.6) is 5.75 Å². The highest BCUT2D eigenvalue weighted by Crippen LogP contribution is 2.18.